The van der Waals surface area contributed by atoms with E-state index in [2.05, 4.69) is 31.8 Å². The fourth-order valence-electron chi connectivity index (χ4n) is 4.11. The number of hydrogen-bond acceptors (Lipinski definition) is 8. The number of oxazole rings is 1. The van der Waals surface area contributed by atoms with Crippen molar-refractivity contribution in [3.05, 3.63) is 24.1 Å². The third-order valence-electron chi connectivity index (χ3n) is 5.79. The van der Waals surface area contributed by atoms with Crippen LogP contribution in [0.25, 0.3) is 11.5 Å². The summed E-state index contributed by atoms with van der Waals surface area (Å²) in [4.78, 5) is 12.5. The van der Waals surface area contributed by atoms with Crippen LogP contribution in [0.3, 0.4) is 0 Å². The van der Waals surface area contributed by atoms with Gasteiger partial charge in [-0.3, -0.25) is 9.89 Å². The molecule has 174 valence electrons. The van der Waals surface area contributed by atoms with Crippen molar-refractivity contribution in [1.82, 2.24) is 9.88 Å². The Morgan fingerprint density at radius 3 is 2.66 bits per heavy atom. The van der Waals surface area contributed by atoms with Gasteiger partial charge in [-0.05, 0) is 18.9 Å². The molecule has 2 aromatic rings. The van der Waals surface area contributed by atoms with Gasteiger partial charge < -0.3 is 24.5 Å². The van der Waals surface area contributed by atoms with Gasteiger partial charge in [0.05, 0.1) is 30.3 Å². The second kappa shape index (κ2) is 9.08. The molecular weight excluding hydrogens is 427 g/mol. The topological polar surface area (TPSA) is 86.4 Å². The van der Waals surface area contributed by atoms with Crippen LogP contribution in [0.2, 0.25) is 0 Å². The van der Waals surface area contributed by atoms with Crippen LogP contribution in [0.15, 0.2) is 27.8 Å². The van der Waals surface area contributed by atoms with Crippen molar-refractivity contribution in [2.24, 2.45) is 10.9 Å². The minimum Gasteiger partial charge on any atom is -0.444 e. The van der Waals surface area contributed by atoms with Gasteiger partial charge in [-0.15, -0.1) is 0 Å². The molecule has 1 aromatic heterocycles. The maximum absolute atomic E-state index is 12.8. The Labute approximate surface area is 183 Å². The molecule has 1 unspecified atom stereocenters. The van der Waals surface area contributed by atoms with Gasteiger partial charge in [0, 0.05) is 51.3 Å². The first kappa shape index (κ1) is 22.6. The lowest BCUT2D eigenvalue weighted by molar-refractivity contribution is -0.207. The molecule has 8 nitrogen and oxygen atoms in total. The molecule has 0 saturated carbocycles. The molecule has 0 radical (unpaired) electrons. The highest BCUT2D eigenvalue weighted by molar-refractivity contribution is 5.87. The summed E-state index contributed by atoms with van der Waals surface area (Å²) < 4.78 is 49.1. The number of aliphatic hydroxyl groups excluding tert-OH is 1. The van der Waals surface area contributed by atoms with Crippen molar-refractivity contribution in [2.75, 3.05) is 63.2 Å². The van der Waals surface area contributed by atoms with Gasteiger partial charge >= 0.3 is 6.18 Å². The normalized spacial score (nSPS) is 19.0. The molecule has 0 spiro atoms. The van der Waals surface area contributed by atoms with Gasteiger partial charge in [0.15, 0.2) is 6.10 Å². The molecule has 0 bridgehead atoms. The largest absolute Gasteiger partial charge is 0.444 e. The van der Waals surface area contributed by atoms with Crippen LogP contribution in [0.4, 0.5) is 30.2 Å². The lowest BCUT2D eigenvalue weighted by atomic mass is 9.96. The molecule has 2 aliphatic rings. The number of aliphatic hydroxyl groups is 1. The van der Waals surface area contributed by atoms with E-state index in [0.29, 0.717) is 17.2 Å². The highest BCUT2D eigenvalue weighted by atomic mass is 19.4. The molecule has 0 amide bonds. The SMILES string of the molecule is C=Nc1cc(-c2nc(C(O)C(F)(F)F)co2)cc(N2CC(CN3CCOCC3)C2)c1NC. The Morgan fingerprint density at radius 1 is 1.31 bits per heavy atom. The standard InChI is InChI=1S/C21H26F3N5O3/c1-25-15-7-14(20-27-16(12-32-20)19(30)21(22,23)24)8-17(18(15)26-2)29-10-13(11-29)9-28-3-5-31-6-4-28/h7-8,12-13,19,26,30H,1,3-6,9-11H2,2H3. The van der Waals surface area contributed by atoms with E-state index in [4.69, 9.17) is 9.15 Å². The molecule has 2 fully saturated rings. The molecular formula is C21H26F3N5O3. The van der Waals surface area contributed by atoms with E-state index < -0.39 is 18.0 Å². The predicted molar refractivity (Wildman–Crippen MR) is 115 cm³/mol. The summed E-state index contributed by atoms with van der Waals surface area (Å²) in [6.07, 6.45) is -6.71. The van der Waals surface area contributed by atoms with E-state index in [1.165, 1.54) is 0 Å². The van der Waals surface area contributed by atoms with Crippen molar-refractivity contribution in [1.29, 1.82) is 0 Å². The summed E-state index contributed by atoms with van der Waals surface area (Å²) in [5.74, 6) is 0.486. The third kappa shape index (κ3) is 4.59. The van der Waals surface area contributed by atoms with E-state index in [-0.39, 0.29) is 5.89 Å². The summed E-state index contributed by atoms with van der Waals surface area (Å²) in [5.41, 5.74) is 2.03. The molecule has 2 saturated heterocycles. The molecule has 11 heteroatoms. The van der Waals surface area contributed by atoms with Gasteiger partial charge in [0.2, 0.25) is 5.89 Å². The second-order valence-electron chi connectivity index (χ2n) is 8.00. The lowest BCUT2D eigenvalue weighted by Gasteiger charge is -2.44. The van der Waals surface area contributed by atoms with E-state index in [1.54, 1.807) is 19.2 Å². The molecule has 0 aliphatic carbocycles. The van der Waals surface area contributed by atoms with Gasteiger partial charge in [0.1, 0.15) is 12.0 Å². The second-order valence-corrected chi connectivity index (χ2v) is 8.00. The molecule has 2 N–H and O–H groups in total. The van der Waals surface area contributed by atoms with E-state index in [1.807, 2.05) is 0 Å². The summed E-state index contributed by atoms with van der Waals surface area (Å²) in [6.45, 7) is 9.70. The Balaban J connectivity index is 1.55. The van der Waals surface area contributed by atoms with E-state index in [0.717, 1.165) is 63.6 Å². The number of anilines is 2. The maximum atomic E-state index is 12.8. The van der Waals surface area contributed by atoms with Crippen molar-refractivity contribution < 1.29 is 27.4 Å². The number of halogens is 3. The number of benzene rings is 1. The maximum Gasteiger partial charge on any atom is 0.420 e. The number of aliphatic imine (C=N–C) groups is 1. The van der Waals surface area contributed by atoms with Crippen LogP contribution in [-0.4, -0.2) is 80.9 Å². The van der Waals surface area contributed by atoms with Crippen molar-refractivity contribution in [3.63, 3.8) is 0 Å². The number of aromatic nitrogens is 1. The Bertz CT molecular complexity index is 953. The smallest absolute Gasteiger partial charge is 0.420 e. The fourth-order valence-corrected chi connectivity index (χ4v) is 4.11. The number of rotatable bonds is 7. The fraction of sp³-hybridized carbons (Fsp3) is 0.524. The number of nitrogens with zero attached hydrogens (tertiary/aromatic N) is 4. The predicted octanol–water partition coefficient (Wildman–Crippen LogP) is 3.08. The zero-order valence-corrected chi connectivity index (χ0v) is 17.7. The van der Waals surface area contributed by atoms with Gasteiger partial charge in [-0.25, -0.2) is 4.98 Å². The van der Waals surface area contributed by atoms with Crippen LogP contribution in [-0.2, 0) is 4.74 Å². The lowest BCUT2D eigenvalue weighted by Crippen LogP contribution is -2.53. The van der Waals surface area contributed by atoms with Crippen LogP contribution in [0.1, 0.15) is 11.8 Å². The molecule has 4 rings (SSSR count). The van der Waals surface area contributed by atoms with Gasteiger partial charge in [-0.2, -0.15) is 13.2 Å². The van der Waals surface area contributed by atoms with Gasteiger partial charge in [-0.1, -0.05) is 0 Å². The summed E-state index contributed by atoms with van der Waals surface area (Å²) in [6, 6.07) is 3.45. The first-order valence-electron chi connectivity index (χ1n) is 10.4. The number of hydrogen-bond donors (Lipinski definition) is 2. The molecule has 1 aromatic carbocycles. The monoisotopic (exact) mass is 453 g/mol. The number of morpholine rings is 1. The molecule has 1 atom stereocenters. The van der Waals surface area contributed by atoms with Crippen LogP contribution >= 0.6 is 0 Å². The molecule has 32 heavy (non-hydrogen) atoms. The Hall–Kier alpha value is -2.63. The van der Waals surface area contributed by atoms with E-state index >= 15 is 0 Å². The minimum absolute atomic E-state index is 0.0255. The first-order chi connectivity index (χ1) is 15.3. The minimum atomic E-state index is -4.82. The molecule has 3 heterocycles. The van der Waals surface area contributed by atoms with Crippen molar-refractivity contribution >= 4 is 23.8 Å². The Morgan fingerprint density at radius 2 is 2.03 bits per heavy atom. The summed E-state index contributed by atoms with van der Waals surface area (Å²) in [7, 11) is 1.78. The Kier molecular flexibility index (Phi) is 6.40. The quantitative estimate of drug-likeness (QED) is 0.623. The summed E-state index contributed by atoms with van der Waals surface area (Å²) in [5, 5.41) is 12.6. The average Bonchev–Trinajstić information content (AvgIpc) is 3.24. The average molecular weight is 453 g/mol. The van der Waals surface area contributed by atoms with E-state index in [9.17, 15) is 18.3 Å². The van der Waals surface area contributed by atoms with Gasteiger partial charge in [0.25, 0.3) is 0 Å². The zero-order chi connectivity index (χ0) is 22.9. The third-order valence-corrected chi connectivity index (χ3v) is 5.79. The first-order valence-corrected chi connectivity index (χ1v) is 10.4. The van der Waals surface area contributed by atoms with Crippen LogP contribution < -0.4 is 10.2 Å². The van der Waals surface area contributed by atoms with Crippen LogP contribution in [0.5, 0.6) is 0 Å². The number of ether oxygens (including phenoxy) is 1. The molecule has 2 aliphatic heterocycles. The summed E-state index contributed by atoms with van der Waals surface area (Å²) >= 11 is 0. The highest BCUT2D eigenvalue weighted by Gasteiger charge is 2.41. The van der Waals surface area contributed by atoms with Crippen LogP contribution in [0, 0.1) is 5.92 Å². The highest BCUT2D eigenvalue weighted by Crippen LogP contribution is 2.42. The number of alkyl halides is 3. The van der Waals surface area contributed by atoms with Crippen molar-refractivity contribution in [2.45, 2.75) is 12.3 Å². The number of nitrogens with one attached hydrogen (secondary N) is 1. The van der Waals surface area contributed by atoms with Crippen molar-refractivity contribution in [3.8, 4) is 11.5 Å². The zero-order valence-electron chi connectivity index (χ0n) is 17.7.